The summed E-state index contributed by atoms with van der Waals surface area (Å²) in [6.45, 7) is 4.44. The number of rotatable bonds is 7. The van der Waals surface area contributed by atoms with Crippen LogP contribution in [0.1, 0.15) is 37.3 Å². The number of hydrogen-bond acceptors (Lipinski definition) is 4. The Balaban J connectivity index is 2.06. The minimum Gasteiger partial charge on any atom is -0.396 e. The Bertz CT molecular complexity index is 1410. The molecule has 0 saturated heterocycles. The monoisotopic (exact) mass is 450 g/mol. The second-order valence-corrected chi connectivity index (χ2v) is 8.44. The van der Waals surface area contributed by atoms with Crippen molar-refractivity contribution in [2.24, 2.45) is 7.05 Å². The predicted octanol–water partition coefficient (Wildman–Crippen LogP) is 3.26. The van der Waals surface area contributed by atoms with Gasteiger partial charge in [-0.15, -0.1) is 0 Å². The van der Waals surface area contributed by atoms with Gasteiger partial charge in [-0.3, -0.25) is 13.9 Å². The van der Waals surface area contributed by atoms with Crippen LogP contribution in [0.5, 0.6) is 0 Å². The maximum atomic E-state index is 13.5. The largest absolute Gasteiger partial charge is 0.396 e. The molecule has 172 valence electrons. The smallest absolute Gasteiger partial charge is 0.332 e. The van der Waals surface area contributed by atoms with Crippen molar-refractivity contribution >= 4 is 11.2 Å². The molecule has 2 aromatic carbocycles. The second-order valence-electron chi connectivity index (χ2n) is 8.44. The molecule has 0 radical (unpaired) electrons. The van der Waals surface area contributed by atoms with Gasteiger partial charge in [0.2, 0.25) is 0 Å². The summed E-state index contributed by atoms with van der Waals surface area (Å²) in [5, 5.41) is 9.23. The van der Waals surface area contributed by atoms with E-state index in [1.54, 1.807) is 23.7 Å². The average molecular weight is 451 g/mol. The summed E-state index contributed by atoms with van der Waals surface area (Å²) in [6.07, 6.45) is 0.287. The number of hydrogen-bond donors (Lipinski definition) is 1. The van der Waals surface area contributed by atoms with Crippen molar-refractivity contribution in [2.45, 2.75) is 39.3 Å². The maximum absolute atomic E-state index is 13.5. The Hall–Kier alpha value is -3.52. The van der Waals surface area contributed by atoms with Crippen molar-refractivity contribution < 1.29 is 9.50 Å². The molecule has 0 aliphatic rings. The summed E-state index contributed by atoms with van der Waals surface area (Å²) in [4.78, 5) is 31.1. The number of aromatic nitrogens is 4. The fourth-order valence-electron chi connectivity index (χ4n) is 4.13. The summed E-state index contributed by atoms with van der Waals surface area (Å²) in [5.74, 6) is 0.448. The van der Waals surface area contributed by atoms with E-state index in [-0.39, 0.29) is 37.9 Å². The summed E-state index contributed by atoms with van der Waals surface area (Å²) in [7, 11) is 1.59. The summed E-state index contributed by atoms with van der Waals surface area (Å²) in [5.41, 5.74) is 2.40. The lowest BCUT2D eigenvalue weighted by Gasteiger charge is -2.15. The molecular weight excluding hydrogens is 423 g/mol. The van der Waals surface area contributed by atoms with E-state index in [1.807, 2.05) is 24.3 Å². The lowest BCUT2D eigenvalue weighted by Crippen LogP contribution is -2.39. The lowest BCUT2D eigenvalue weighted by molar-refractivity contribution is 0.277. The number of nitrogens with zero attached hydrogens (tertiary/aromatic N) is 4. The van der Waals surface area contributed by atoms with Gasteiger partial charge in [0, 0.05) is 32.3 Å². The Morgan fingerprint density at radius 2 is 1.73 bits per heavy atom. The fraction of sp³-hybridized carbons (Fsp3) is 0.320. The minimum absolute atomic E-state index is 0.109. The zero-order chi connectivity index (χ0) is 23.7. The molecule has 4 rings (SSSR count). The molecule has 0 spiro atoms. The fourth-order valence-corrected chi connectivity index (χ4v) is 4.13. The van der Waals surface area contributed by atoms with Crippen molar-refractivity contribution in [2.75, 3.05) is 6.61 Å². The Labute approximate surface area is 190 Å². The first-order valence-electron chi connectivity index (χ1n) is 11.0. The number of imidazole rings is 1. The molecule has 2 heterocycles. The van der Waals surface area contributed by atoms with Crippen molar-refractivity contribution in [1.29, 1.82) is 0 Å². The molecule has 0 atom stereocenters. The van der Waals surface area contributed by atoms with E-state index < -0.39 is 11.2 Å². The highest BCUT2D eigenvalue weighted by atomic mass is 19.1. The lowest BCUT2D eigenvalue weighted by atomic mass is 9.97. The van der Waals surface area contributed by atoms with Crippen LogP contribution in [-0.4, -0.2) is 30.4 Å². The van der Waals surface area contributed by atoms with Gasteiger partial charge >= 0.3 is 5.69 Å². The minimum atomic E-state index is -0.476. The van der Waals surface area contributed by atoms with Gasteiger partial charge in [0.05, 0.1) is 0 Å². The van der Waals surface area contributed by atoms with E-state index in [0.717, 1.165) is 21.3 Å². The summed E-state index contributed by atoms with van der Waals surface area (Å²) in [6, 6.07) is 14.0. The number of aliphatic hydroxyl groups excluding tert-OH is 1. The van der Waals surface area contributed by atoms with Gasteiger partial charge in [-0.25, -0.2) is 14.2 Å². The third kappa shape index (κ3) is 4.14. The van der Waals surface area contributed by atoms with E-state index >= 15 is 0 Å². The van der Waals surface area contributed by atoms with E-state index in [1.165, 1.54) is 16.7 Å². The predicted molar refractivity (Wildman–Crippen MR) is 126 cm³/mol. The van der Waals surface area contributed by atoms with Crippen LogP contribution in [0.25, 0.3) is 22.6 Å². The number of fused-ring (bicyclic) bond motifs is 1. The molecule has 1 N–H and O–H groups in total. The number of aryl methyl sites for hydroxylation is 1. The summed E-state index contributed by atoms with van der Waals surface area (Å²) >= 11 is 0. The van der Waals surface area contributed by atoms with Crippen LogP contribution < -0.4 is 11.2 Å². The molecule has 0 aliphatic carbocycles. The van der Waals surface area contributed by atoms with Crippen molar-refractivity contribution in [3.8, 4) is 11.4 Å². The standard InChI is InChI=1S/C25H27FN4O3/c1-16(2)19-7-4-5-8-20(19)22-27-23-21(30(22)15-17-9-11-18(26)12-10-17)24(32)29(13-6-14-31)25(33)28(23)3/h4-5,7-12,16,31H,6,13-15H2,1-3H3. The number of benzene rings is 2. The molecule has 0 saturated carbocycles. The van der Waals surface area contributed by atoms with Gasteiger partial charge in [-0.1, -0.05) is 50.2 Å². The molecular formula is C25H27FN4O3. The average Bonchev–Trinajstić information content (AvgIpc) is 3.18. The highest BCUT2D eigenvalue weighted by Gasteiger charge is 2.23. The first-order valence-corrected chi connectivity index (χ1v) is 11.0. The van der Waals surface area contributed by atoms with Crippen LogP contribution in [0.4, 0.5) is 4.39 Å². The van der Waals surface area contributed by atoms with Gasteiger partial charge in [0.15, 0.2) is 11.2 Å². The van der Waals surface area contributed by atoms with E-state index in [2.05, 4.69) is 13.8 Å². The van der Waals surface area contributed by atoms with Crippen molar-refractivity contribution in [3.63, 3.8) is 0 Å². The van der Waals surface area contributed by atoms with E-state index in [4.69, 9.17) is 4.98 Å². The SMILES string of the molecule is CC(C)c1ccccc1-c1nc2c(c(=O)n(CCCO)c(=O)n2C)n1Cc1ccc(F)cc1. The van der Waals surface area contributed by atoms with E-state index in [0.29, 0.717) is 17.0 Å². The van der Waals surface area contributed by atoms with Crippen molar-refractivity contribution in [3.05, 3.63) is 86.3 Å². The van der Waals surface area contributed by atoms with E-state index in [9.17, 15) is 19.1 Å². The van der Waals surface area contributed by atoms with Crippen LogP contribution in [0, 0.1) is 5.82 Å². The molecule has 0 fully saturated rings. The Kier molecular flexibility index (Phi) is 6.29. The Morgan fingerprint density at radius 1 is 1.03 bits per heavy atom. The molecule has 4 aromatic rings. The molecule has 7 nitrogen and oxygen atoms in total. The number of aliphatic hydroxyl groups is 1. The molecule has 33 heavy (non-hydrogen) atoms. The Morgan fingerprint density at radius 3 is 2.39 bits per heavy atom. The van der Waals surface area contributed by atoms with Gasteiger partial charge < -0.3 is 9.67 Å². The summed E-state index contributed by atoms with van der Waals surface area (Å²) < 4.78 is 17.8. The number of halogens is 1. The van der Waals surface area contributed by atoms with Crippen LogP contribution in [0.2, 0.25) is 0 Å². The molecule has 0 aliphatic heterocycles. The molecule has 0 bridgehead atoms. The van der Waals surface area contributed by atoms with Gasteiger partial charge in [0.1, 0.15) is 11.6 Å². The quantitative estimate of drug-likeness (QED) is 0.469. The van der Waals surface area contributed by atoms with Gasteiger partial charge in [-0.05, 0) is 35.6 Å². The van der Waals surface area contributed by atoms with Gasteiger partial charge in [0.25, 0.3) is 5.56 Å². The second kappa shape index (κ2) is 9.15. The molecule has 2 aromatic heterocycles. The zero-order valence-corrected chi connectivity index (χ0v) is 19.0. The highest BCUT2D eigenvalue weighted by Crippen LogP contribution is 2.30. The van der Waals surface area contributed by atoms with Gasteiger partial charge in [-0.2, -0.15) is 0 Å². The first kappa shape index (κ1) is 22.7. The topological polar surface area (TPSA) is 82.1 Å². The normalized spacial score (nSPS) is 11.6. The van der Waals surface area contributed by atoms with Crippen LogP contribution in [0.15, 0.2) is 58.1 Å². The third-order valence-electron chi connectivity index (χ3n) is 5.85. The molecule has 8 heteroatoms. The molecule has 0 unspecified atom stereocenters. The highest BCUT2D eigenvalue weighted by molar-refractivity contribution is 5.78. The van der Waals surface area contributed by atoms with Crippen LogP contribution in [0.3, 0.4) is 0 Å². The first-order chi connectivity index (χ1) is 15.8. The van der Waals surface area contributed by atoms with Crippen molar-refractivity contribution in [1.82, 2.24) is 18.7 Å². The molecule has 0 amide bonds. The maximum Gasteiger partial charge on any atom is 0.332 e. The third-order valence-corrected chi connectivity index (χ3v) is 5.85. The van der Waals surface area contributed by atoms with Crippen LogP contribution in [-0.2, 0) is 20.1 Å². The zero-order valence-electron chi connectivity index (χ0n) is 19.0. The van der Waals surface area contributed by atoms with Crippen LogP contribution >= 0.6 is 0 Å².